The van der Waals surface area contributed by atoms with Crippen molar-refractivity contribution in [2.24, 2.45) is 0 Å². The Morgan fingerprint density at radius 2 is 1.65 bits per heavy atom. The largest absolute Gasteiger partial charge is 0.496 e. The second-order valence-corrected chi connectivity index (χ2v) is 6.54. The lowest BCUT2D eigenvalue weighted by Crippen LogP contribution is -1.96. The van der Waals surface area contributed by atoms with Gasteiger partial charge < -0.3 is 4.74 Å². The fraction of sp³-hybridized carbons (Fsp3) is 0.571. The second-order valence-electron chi connectivity index (χ2n) is 3.82. The van der Waals surface area contributed by atoms with Gasteiger partial charge in [-0.3, -0.25) is 0 Å². The molecule has 0 amide bonds. The molecular weight excluding hydrogens is 248 g/mol. The highest BCUT2D eigenvalue weighted by Crippen LogP contribution is 2.43. The van der Waals surface area contributed by atoms with Crippen LogP contribution in [0.2, 0.25) is 0 Å². The number of para-hydroxylation sites is 1. The summed E-state index contributed by atoms with van der Waals surface area (Å²) in [5, 5.41) is 0. The van der Waals surface area contributed by atoms with E-state index < -0.39 is 0 Å². The van der Waals surface area contributed by atoms with E-state index in [0.29, 0.717) is 4.58 Å². The van der Waals surface area contributed by atoms with Gasteiger partial charge in [0.1, 0.15) is 5.75 Å². The zero-order valence-corrected chi connectivity index (χ0v) is 12.6. The Balaban J connectivity index is 2.78. The van der Waals surface area contributed by atoms with Crippen LogP contribution in [0.25, 0.3) is 0 Å². The minimum absolute atomic E-state index is 0.506. The summed E-state index contributed by atoms with van der Waals surface area (Å²) in [6, 6.07) is 8.38. The van der Waals surface area contributed by atoms with Crippen LogP contribution < -0.4 is 4.74 Å². The second kappa shape index (κ2) is 8.76. The molecule has 17 heavy (non-hydrogen) atoms. The molecule has 0 aliphatic rings. The van der Waals surface area contributed by atoms with Gasteiger partial charge in [-0.15, -0.1) is 23.5 Å². The summed E-state index contributed by atoms with van der Waals surface area (Å²) in [6.45, 7) is 4.47. The molecule has 0 unspecified atom stereocenters. The molecule has 1 nitrogen and oxygen atoms in total. The predicted octanol–water partition coefficient (Wildman–Crippen LogP) is 4.98. The van der Waals surface area contributed by atoms with E-state index in [0.717, 1.165) is 5.75 Å². The van der Waals surface area contributed by atoms with E-state index in [1.54, 1.807) is 7.11 Å². The Hall–Kier alpha value is -0.280. The summed E-state index contributed by atoms with van der Waals surface area (Å²) in [7, 11) is 1.75. The van der Waals surface area contributed by atoms with Gasteiger partial charge in [0, 0.05) is 5.56 Å². The van der Waals surface area contributed by atoms with Crippen LogP contribution in [-0.4, -0.2) is 18.6 Å². The summed E-state index contributed by atoms with van der Waals surface area (Å²) in [6.07, 6.45) is 2.45. The van der Waals surface area contributed by atoms with Crippen molar-refractivity contribution < 1.29 is 4.74 Å². The Labute approximate surface area is 114 Å². The first-order valence-electron chi connectivity index (χ1n) is 6.19. The van der Waals surface area contributed by atoms with E-state index in [1.165, 1.54) is 29.9 Å². The highest BCUT2D eigenvalue weighted by atomic mass is 32.2. The van der Waals surface area contributed by atoms with Crippen molar-refractivity contribution in [3.05, 3.63) is 29.8 Å². The topological polar surface area (TPSA) is 9.23 Å². The van der Waals surface area contributed by atoms with Crippen LogP contribution in [0.1, 0.15) is 36.8 Å². The molecule has 0 aliphatic heterocycles. The first-order chi connectivity index (χ1) is 8.33. The van der Waals surface area contributed by atoms with Gasteiger partial charge >= 0.3 is 0 Å². The normalized spacial score (nSPS) is 10.8. The van der Waals surface area contributed by atoms with E-state index in [1.807, 2.05) is 29.6 Å². The number of hydrogen-bond acceptors (Lipinski definition) is 3. The van der Waals surface area contributed by atoms with Crippen molar-refractivity contribution in [3.63, 3.8) is 0 Å². The molecule has 0 aromatic heterocycles. The number of hydrogen-bond donors (Lipinski definition) is 0. The summed E-state index contributed by atoms with van der Waals surface area (Å²) >= 11 is 4.05. The lowest BCUT2D eigenvalue weighted by molar-refractivity contribution is 0.411. The molecule has 1 aromatic carbocycles. The minimum Gasteiger partial charge on any atom is -0.496 e. The fourth-order valence-electron chi connectivity index (χ4n) is 1.54. The van der Waals surface area contributed by atoms with Gasteiger partial charge in [-0.2, -0.15) is 0 Å². The molecule has 0 aliphatic carbocycles. The standard InChI is InChI=1S/C14H22OS2/c1-4-10-16-14(17-11-5-2)12-8-6-7-9-13(12)15-3/h6-9,14H,4-5,10-11H2,1-3H3. The summed E-state index contributed by atoms with van der Waals surface area (Å²) in [5.41, 5.74) is 1.33. The Morgan fingerprint density at radius 3 is 2.18 bits per heavy atom. The lowest BCUT2D eigenvalue weighted by atomic mass is 10.2. The quantitative estimate of drug-likeness (QED) is 0.617. The Morgan fingerprint density at radius 1 is 1.06 bits per heavy atom. The highest BCUT2D eigenvalue weighted by Gasteiger charge is 2.15. The van der Waals surface area contributed by atoms with E-state index in [2.05, 4.69) is 32.0 Å². The average molecular weight is 270 g/mol. The molecule has 0 saturated heterocycles. The molecule has 0 saturated carbocycles. The van der Waals surface area contributed by atoms with Crippen molar-refractivity contribution in [1.29, 1.82) is 0 Å². The van der Waals surface area contributed by atoms with Crippen LogP contribution in [-0.2, 0) is 0 Å². The molecule has 0 N–H and O–H groups in total. The Kier molecular flexibility index (Phi) is 7.62. The third-order valence-electron chi connectivity index (χ3n) is 2.34. The zero-order valence-electron chi connectivity index (χ0n) is 10.9. The maximum atomic E-state index is 5.46. The molecule has 0 spiro atoms. The van der Waals surface area contributed by atoms with E-state index >= 15 is 0 Å². The van der Waals surface area contributed by atoms with Gasteiger partial charge in [-0.25, -0.2) is 0 Å². The van der Waals surface area contributed by atoms with Gasteiger partial charge in [0.05, 0.1) is 11.7 Å². The minimum atomic E-state index is 0.506. The molecule has 3 heteroatoms. The van der Waals surface area contributed by atoms with Gasteiger partial charge in [0.15, 0.2) is 0 Å². The third kappa shape index (κ3) is 4.84. The van der Waals surface area contributed by atoms with Crippen LogP contribution in [0.5, 0.6) is 5.75 Å². The van der Waals surface area contributed by atoms with Crippen molar-refractivity contribution in [1.82, 2.24) is 0 Å². The third-order valence-corrected chi connectivity index (χ3v) is 5.56. The van der Waals surface area contributed by atoms with Gasteiger partial charge in [0.2, 0.25) is 0 Å². The summed E-state index contributed by atoms with van der Waals surface area (Å²) in [5.74, 6) is 3.43. The van der Waals surface area contributed by atoms with Crippen molar-refractivity contribution >= 4 is 23.5 Å². The molecular formula is C14H22OS2. The maximum Gasteiger partial charge on any atom is 0.124 e. The zero-order chi connectivity index (χ0) is 12.5. The first kappa shape index (κ1) is 14.8. The van der Waals surface area contributed by atoms with E-state index in [4.69, 9.17) is 4.74 Å². The monoisotopic (exact) mass is 270 g/mol. The number of methoxy groups -OCH3 is 1. The molecule has 0 fully saturated rings. The molecule has 1 rings (SSSR count). The Bertz CT molecular complexity index is 307. The van der Waals surface area contributed by atoms with Gasteiger partial charge in [0.25, 0.3) is 0 Å². The smallest absolute Gasteiger partial charge is 0.124 e. The van der Waals surface area contributed by atoms with Gasteiger partial charge in [-0.05, 0) is 30.4 Å². The fourth-order valence-corrected chi connectivity index (χ4v) is 4.15. The van der Waals surface area contributed by atoms with E-state index in [-0.39, 0.29) is 0 Å². The summed E-state index contributed by atoms with van der Waals surface area (Å²) in [4.78, 5) is 0. The van der Waals surface area contributed by atoms with Crippen molar-refractivity contribution in [2.45, 2.75) is 31.3 Å². The SMILES string of the molecule is CCCSC(SCCC)c1ccccc1OC. The van der Waals surface area contributed by atoms with Crippen molar-refractivity contribution in [2.75, 3.05) is 18.6 Å². The molecule has 0 heterocycles. The first-order valence-corrected chi connectivity index (χ1v) is 8.29. The molecule has 0 bridgehead atoms. The van der Waals surface area contributed by atoms with Crippen LogP contribution in [0.3, 0.4) is 0 Å². The average Bonchev–Trinajstić information content (AvgIpc) is 2.39. The molecule has 0 atom stereocenters. The molecule has 96 valence electrons. The number of rotatable bonds is 8. The van der Waals surface area contributed by atoms with Crippen LogP contribution >= 0.6 is 23.5 Å². The lowest BCUT2D eigenvalue weighted by Gasteiger charge is -2.18. The van der Waals surface area contributed by atoms with Crippen LogP contribution in [0.15, 0.2) is 24.3 Å². The van der Waals surface area contributed by atoms with Crippen LogP contribution in [0.4, 0.5) is 0 Å². The predicted molar refractivity (Wildman–Crippen MR) is 81.2 cm³/mol. The van der Waals surface area contributed by atoms with Gasteiger partial charge in [-0.1, -0.05) is 32.0 Å². The molecule has 0 radical (unpaired) electrons. The molecule has 1 aromatic rings. The summed E-state index contributed by atoms with van der Waals surface area (Å²) < 4.78 is 5.97. The highest BCUT2D eigenvalue weighted by molar-refractivity contribution is 8.16. The van der Waals surface area contributed by atoms with Crippen molar-refractivity contribution in [3.8, 4) is 5.75 Å². The number of ether oxygens (including phenoxy) is 1. The number of thioether (sulfide) groups is 2. The maximum absolute atomic E-state index is 5.46. The number of benzene rings is 1. The van der Waals surface area contributed by atoms with Crippen LogP contribution in [0, 0.1) is 0 Å². The van der Waals surface area contributed by atoms with E-state index in [9.17, 15) is 0 Å².